The summed E-state index contributed by atoms with van der Waals surface area (Å²) in [5, 5.41) is 11.7. The van der Waals surface area contributed by atoms with Gasteiger partial charge >= 0.3 is 5.97 Å². The molecule has 118 valence electrons. The molecule has 0 bridgehead atoms. The second-order valence-electron chi connectivity index (χ2n) is 5.64. The van der Waals surface area contributed by atoms with Crippen molar-refractivity contribution in [2.45, 2.75) is 33.1 Å². The lowest BCUT2D eigenvalue weighted by molar-refractivity contribution is -0.137. The van der Waals surface area contributed by atoms with Crippen molar-refractivity contribution in [1.29, 1.82) is 0 Å². The number of hydrogen-bond acceptors (Lipinski definition) is 2. The van der Waals surface area contributed by atoms with Gasteiger partial charge in [-0.1, -0.05) is 13.8 Å². The van der Waals surface area contributed by atoms with Gasteiger partial charge in [0.05, 0.1) is 0 Å². The summed E-state index contributed by atoms with van der Waals surface area (Å²) in [7, 11) is 1.82. The summed E-state index contributed by atoms with van der Waals surface area (Å²) in [4.78, 5) is 22.7. The van der Waals surface area contributed by atoms with Crippen molar-refractivity contribution in [1.82, 2.24) is 9.88 Å². The maximum absolute atomic E-state index is 12.0. The predicted octanol–water partition coefficient (Wildman–Crippen LogP) is 3.04. The van der Waals surface area contributed by atoms with Crippen molar-refractivity contribution in [3.8, 4) is 0 Å². The summed E-state index contributed by atoms with van der Waals surface area (Å²) in [5.74, 6) is -0.158. The zero-order chi connectivity index (χ0) is 16.0. The van der Waals surface area contributed by atoms with Gasteiger partial charge in [-0.3, -0.25) is 9.59 Å². The smallest absolute Gasteiger partial charge is 0.303 e. The lowest BCUT2D eigenvalue weighted by Gasteiger charge is -2.20. The maximum Gasteiger partial charge on any atom is 0.303 e. The Hall–Kier alpha value is -1.30. The van der Waals surface area contributed by atoms with Crippen molar-refractivity contribution in [3.05, 3.63) is 22.4 Å². The standard InChI is InChI=1S/C15H23BrN2O3/c1-10(2)11(4-5-14(19)20)6-7-17-15(21)13-8-12(16)9-18(13)3/h8-11H,4-7H2,1-3H3,(H,17,21)(H,19,20). The highest BCUT2D eigenvalue weighted by Crippen LogP contribution is 2.20. The van der Waals surface area contributed by atoms with Gasteiger partial charge in [0.2, 0.25) is 0 Å². The highest BCUT2D eigenvalue weighted by atomic mass is 79.9. The first-order chi connectivity index (χ1) is 9.81. The zero-order valence-corrected chi connectivity index (χ0v) is 14.3. The molecule has 0 aliphatic rings. The molecular formula is C15H23BrN2O3. The number of carbonyl (C=O) groups is 2. The molecule has 0 fully saturated rings. The highest BCUT2D eigenvalue weighted by molar-refractivity contribution is 9.10. The Morgan fingerprint density at radius 1 is 1.38 bits per heavy atom. The number of aryl methyl sites for hydroxylation is 1. The number of nitrogens with one attached hydrogen (secondary N) is 1. The molecule has 0 saturated heterocycles. The lowest BCUT2D eigenvalue weighted by Crippen LogP contribution is -2.28. The molecule has 5 nitrogen and oxygen atoms in total. The zero-order valence-electron chi connectivity index (χ0n) is 12.7. The van der Waals surface area contributed by atoms with Gasteiger partial charge in [-0.25, -0.2) is 0 Å². The normalized spacial score (nSPS) is 12.4. The molecule has 1 unspecified atom stereocenters. The van der Waals surface area contributed by atoms with Crippen LogP contribution in [0.1, 0.15) is 43.6 Å². The van der Waals surface area contributed by atoms with Crippen LogP contribution in [-0.4, -0.2) is 28.1 Å². The van der Waals surface area contributed by atoms with E-state index in [0.717, 1.165) is 10.9 Å². The van der Waals surface area contributed by atoms with Gasteiger partial charge in [-0.15, -0.1) is 0 Å². The molecule has 6 heteroatoms. The van der Waals surface area contributed by atoms with Gasteiger partial charge in [0, 0.05) is 30.7 Å². The summed E-state index contributed by atoms with van der Waals surface area (Å²) in [5.41, 5.74) is 0.605. The molecule has 0 spiro atoms. The molecule has 1 heterocycles. The molecule has 21 heavy (non-hydrogen) atoms. The van der Waals surface area contributed by atoms with Crippen LogP contribution in [-0.2, 0) is 11.8 Å². The minimum Gasteiger partial charge on any atom is -0.481 e. The Labute approximate surface area is 133 Å². The largest absolute Gasteiger partial charge is 0.481 e. The van der Waals surface area contributed by atoms with Crippen molar-refractivity contribution < 1.29 is 14.7 Å². The summed E-state index contributed by atoms with van der Waals surface area (Å²) >= 11 is 3.34. The second-order valence-corrected chi connectivity index (χ2v) is 6.55. The summed E-state index contributed by atoms with van der Waals surface area (Å²) in [6.07, 6.45) is 3.46. The third-order valence-corrected chi connectivity index (χ3v) is 4.11. The minimum absolute atomic E-state index is 0.107. The lowest BCUT2D eigenvalue weighted by atomic mass is 9.88. The van der Waals surface area contributed by atoms with Gasteiger partial charge in [-0.05, 0) is 46.7 Å². The fraction of sp³-hybridized carbons (Fsp3) is 0.600. The second kappa shape index (κ2) is 8.22. The van der Waals surface area contributed by atoms with E-state index >= 15 is 0 Å². The fourth-order valence-electron chi connectivity index (χ4n) is 2.33. The van der Waals surface area contributed by atoms with Gasteiger partial charge < -0.3 is 15.0 Å². The molecule has 0 aliphatic carbocycles. The Bertz CT molecular complexity index is 497. The minimum atomic E-state index is -0.765. The first-order valence-electron chi connectivity index (χ1n) is 7.13. The Morgan fingerprint density at radius 2 is 2.05 bits per heavy atom. The third-order valence-electron chi connectivity index (χ3n) is 3.68. The van der Waals surface area contributed by atoms with Crippen molar-refractivity contribution in [3.63, 3.8) is 0 Å². The first-order valence-corrected chi connectivity index (χ1v) is 7.92. The molecule has 1 rings (SSSR count). The van der Waals surface area contributed by atoms with Crippen molar-refractivity contribution in [2.24, 2.45) is 18.9 Å². The topological polar surface area (TPSA) is 71.3 Å². The van der Waals surface area contributed by atoms with Crippen LogP contribution in [0.2, 0.25) is 0 Å². The Balaban J connectivity index is 2.44. The summed E-state index contributed by atoms with van der Waals surface area (Å²) < 4.78 is 2.64. The predicted molar refractivity (Wildman–Crippen MR) is 85.3 cm³/mol. The molecule has 1 atom stereocenters. The number of aliphatic carboxylic acids is 1. The molecule has 0 aliphatic heterocycles. The molecule has 1 aromatic heterocycles. The summed E-state index contributed by atoms with van der Waals surface area (Å²) in [6.45, 7) is 4.73. The van der Waals surface area contributed by atoms with Crippen LogP contribution in [0, 0.1) is 11.8 Å². The number of aromatic nitrogens is 1. The van der Waals surface area contributed by atoms with E-state index in [4.69, 9.17) is 5.11 Å². The van der Waals surface area contributed by atoms with Gasteiger partial charge in [0.1, 0.15) is 5.69 Å². The van der Waals surface area contributed by atoms with E-state index in [9.17, 15) is 9.59 Å². The average molecular weight is 359 g/mol. The Morgan fingerprint density at radius 3 is 2.52 bits per heavy atom. The number of nitrogens with zero attached hydrogens (tertiary/aromatic N) is 1. The molecule has 0 saturated carbocycles. The van der Waals surface area contributed by atoms with E-state index in [-0.39, 0.29) is 12.3 Å². The Kier molecular flexibility index (Phi) is 6.95. The van der Waals surface area contributed by atoms with Crippen LogP contribution in [0.15, 0.2) is 16.7 Å². The van der Waals surface area contributed by atoms with Crippen molar-refractivity contribution >= 4 is 27.8 Å². The fourth-order valence-corrected chi connectivity index (χ4v) is 2.86. The number of carbonyl (C=O) groups excluding carboxylic acids is 1. The van der Waals surface area contributed by atoms with E-state index in [1.54, 1.807) is 10.6 Å². The van der Waals surface area contributed by atoms with Gasteiger partial charge in [-0.2, -0.15) is 0 Å². The molecule has 0 aromatic carbocycles. The van der Waals surface area contributed by atoms with E-state index in [0.29, 0.717) is 30.5 Å². The van der Waals surface area contributed by atoms with Crippen LogP contribution in [0.25, 0.3) is 0 Å². The molecule has 0 radical (unpaired) electrons. The van der Waals surface area contributed by atoms with Crippen LogP contribution in [0.4, 0.5) is 0 Å². The SMILES string of the molecule is CC(C)C(CCNC(=O)c1cc(Br)cn1C)CCC(=O)O. The molecule has 1 amide bonds. The quantitative estimate of drug-likeness (QED) is 0.750. The average Bonchev–Trinajstić information content (AvgIpc) is 2.71. The monoisotopic (exact) mass is 358 g/mol. The van der Waals surface area contributed by atoms with Crippen molar-refractivity contribution in [2.75, 3.05) is 6.54 Å². The number of carboxylic acid groups (broad SMARTS) is 1. The van der Waals surface area contributed by atoms with E-state index in [1.807, 2.05) is 13.2 Å². The number of rotatable bonds is 8. The third kappa shape index (κ3) is 5.91. The van der Waals surface area contributed by atoms with Crippen LogP contribution in [0.5, 0.6) is 0 Å². The van der Waals surface area contributed by atoms with Crippen LogP contribution in [0.3, 0.4) is 0 Å². The number of halogens is 1. The molecule has 1 aromatic rings. The first kappa shape index (κ1) is 17.8. The molecule has 2 N–H and O–H groups in total. The molecular weight excluding hydrogens is 336 g/mol. The van der Waals surface area contributed by atoms with Gasteiger partial charge in [0.15, 0.2) is 0 Å². The number of hydrogen-bond donors (Lipinski definition) is 2. The van der Waals surface area contributed by atoms with Crippen LogP contribution < -0.4 is 5.32 Å². The number of amides is 1. The highest BCUT2D eigenvalue weighted by Gasteiger charge is 2.16. The van der Waals surface area contributed by atoms with E-state index in [1.165, 1.54) is 0 Å². The number of carboxylic acids is 1. The summed E-state index contributed by atoms with van der Waals surface area (Å²) in [6, 6.07) is 1.78. The maximum atomic E-state index is 12.0. The van der Waals surface area contributed by atoms with E-state index < -0.39 is 5.97 Å². The van der Waals surface area contributed by atoms with Gasteiger partial charge in [0.25, 0.3) is 5.91 Å². The van der Waals surface area contributed by atoms with E-state index in [2.05, 4.69) is 35.1 Å². The van der Waals surface area contributed by atoms with Crippen LogP contribution >= 0.6 is 15.9 Å².